The van der Waals surface area contributed by atoms with Crippen LogP contribution >= 0.6 is 0 Å². The van der Waals surface area contributed by atoms with Crippen LogP contribution < -0.4 is 5.32 Å². The molecule has 3 aromatic carbocycles. The predicted octanol–water partition coefficient (Wildman–Crippen LogP) is 5.90. The molecule has 1 heterocycles. The number of aromatic nitrogens is 2. The minimum Gasteiger partial charge on any atom is -0.356 e. The molecule has 3 heteroatoms. The molecule has 0 saturated carbocycles. The molecule has 0 bridgehead atoms. The van der Waals surface area contributed by atoms with E-state index in [4.69, 9.17) is 0 Å². The Balaban J connectivity index is 1.65. The molecule has 0 saturated heterocycles. The summed E-state index contributed by atoms with van der Waals surface area (Å²) in [4.78, 5) is 4.63. The number of anilines is 2. The Morgan fingerprint density at radius 2 is 1.46 bits per heavy atom. The van der Waals surface area contributed by atoms with Crippen LogP contribution in [0.2, 0.25) is 0 Å². The van der Waals surface area contributed by atoms with Gasteiger partial charge in [0.15, 0.2) is 0 Å². The molecule has 4 rings (SSSR count). The van der Waals surface area contributed by atoms with Crippen molar-refractivity contribution in [1.82, 2.24) is 9.55 Å². The summed E-state index contributed by atoms with van der Waals surface area (Å²) >= 11 is 0. The molecule has 128 valence electrons. The highest BCUT2D eigenvalue weighted by Crippen LogP contribution is 2.26. The van der Waals surface area contributed by atoms with E-state index in [-0.39, 0.29) is 0 Å². The van der Waals surface area contributed by atoms with Crippen molar-refractivity contribution in [2.24, 2.45) is 0 Å². The lowest BCUT2D eigenvalue weighted by atomic mass is 10.1. The Labute approximate surface area is 154 Å². The van der Waals surface area contributed by atoms with E-state index in [0.29, 0.717) is 0 Å². The van der Waals surface area contributed by atoms with Crippen LogP contribution in [0.4, 0.5) is 11.4 Å². The number of benzene rings is 3. The monoisotopic (exact) mass is 339 g/mol. The summed E-state index contributed by atoms with van der Waals surface area (Å²) < 4.78 is 2.11. The van der Waals surface area contributed by atoms with Crippen molar-refractivity contribution in [3.05, 3.63) is 96.4 Å². The fourth-order valence-electron chi connectivity index (χ4n) is 3.25. The van der Waals surface area contributed by atoms with Crippen molar-refractivity contribution in [2.45, 2.75) is 13.8 Å². The number of para-hydroxylation sites is 2. The Morgan fingerprint density at radius 3 is 2.23 bits per heavy atom. The SMILES string of the molecule is Cc1cccc(C)c1-n1cnc(-c2cccc(Nc3ccccc3)c2)c1. The van der Waals surface area contributed by atoms with Gasteiger partial charge in [0.25, 0.3) is 0 Å². The van der Waals surface area contributed by atoms with Crippen LogP contribution in [0.3, 0.4) is 0 Å². The van der Waals surface area contributed by atoms with Crippen molar-refractivity contribution in [3.8, 4) is 16.9 Å². The van der Waals surface area contributed by atoms with E-state index in [1.165, 1.54) is 16.8 Å². The highest BCUT2D eigenvalue weighted by Gasteiger charge is 2.08. The first-order chi connectivity index (χ1) is 12.7. The first kappa shape index (κ1) is 16.2. The molecule has 26 heavy (non-hydrogen) atoms. The molecule has 0 atom stereocenters. The van der Waals surface area contributed by atoms with Crippen LogP contribution in [0, 0.1) is 13.8 Å². The summed E-state index contributed by atoms with van der Waals surface area (Å²) in [6.07, 6.45) is 3.99. The van der Waals surface area contributed by atoms with E-state index in [9.17, 15) is 0 Å². The number of nitrogens with zero attached hydrogens (tertiary/aromatic N) is 2. The molecule has 0 aliphatic heterocycles. The molecule has 0 aliphatic rings. The van der Waals surface area contributed by atoms with Crippen molar-refractivity contribution in [3.63, 3.8) is 0 Å². The summed E-state index contributed by atoms with van der Waals surface area (Å²) in [5.41, 5.74) is 7.87. The zero-order chi connectivity index (χ0) is 17.9. The number of aryl methyl sites for hydroxylation is 2. The standard InChI is InChI=1S/C23H21N3/c1-17-8-6-9-18(2)23(17)26-15-22(24-16-26)19-10-7-13-21(14-19)25-20-11-4-3-5-12-20/h3-16,25H,1-2H3. The van der Waals surface area contributed by atoms with Gasteiger partial charge in [0.05, 0.1) is 17.7 Å². The maximum Gasteiger partial charge on any atom is 0.0999 e. The number of imidazole rings is 1. The van der Waals surface area contributed by atoms with Gasteiger partial charge in [-0.1, -0.05) is 48.5 Å². The van der Waals surface area contributed by atoms with Crippen LogP contribution in [-0.2, 0) is 0 Å². The minimum absolute atomic E-state index is 0.962. The zero-order valence-corrected chi connectivity index (χ0v) is 15.0. The van der Waals surface area contributed by atoms with Gasteiger partial charge in [0.1, 0.15) is 0 Å². The second-order valence-electron chi connectivity index (χ2n) is 6.48. The van der Waals surface area contributed by atoms with Crippen molar-refractivity contribution in [2.75, 3.05) is 5.32 Å². The lowest BCUT2D eigenvalue weighted by Crippen LogP contribution is -1.96. The van der Waals surface area contributed by atoms with Gasteiger partial charge in [0, 0.05) is 23.1 Å². The van der Waals surface area contributed by atoms with Crippen LogP contribution in [0.25, 0.3) is 16.9 Å². The largest absolute Gasteiger partial charge is 0.356 e. The van der Waals surface area contributed by atoms with Crippen LogP contribution in [-0.4, -0.2) is 9.55 Å². The van der Waals surface area contributed by atoms with Crippen LogP contribution in [0.5, 0.6) is 0 Å². The summed E-state index contributed by atoms with van der Waals surface area (Å²) in [6.45, 7) is 4.26. The van der Waals surface area contributed by atoms with Gasteiger partial charge < -0.3 is 9.88 Å². The van der Waals surface area contributed by atoms with Crippen molar-refractivity contribution < 1.29 is 0 Å². The van der Waals surface area contributed by atoms with E-state index in [1.54, 1.807) is 0 Å². The molecule has 3 nitrogen and oxygen atoms in total. The summed E-state index contributed by atoms with van der Waals surface area (Å²) in [5, 5.41) is 3.44. The average Bonchev–Trinajstić information content (AvgIpc) is 3.12. The fraction of sp³-hybridized carbons (Fsp3) is 0.0870. The van der Waals surface area contributed by atoms with Gasteiger partial charge in [-0.25, -0.2) is 4.98 Å². The average molecular weight is 339 g/mol. The maximum atomic E-state index is 4.63. The maximum absolute atomic E-state index is 4.63. The van der Waals surface area contributed by atoms with E-state index in [0.717, 1.165) is 22.6 Å². The summed E-state index contributed by atoms with van der Waals surface area (Å²) in [7, 11) is 0. The molecule has 0 aliphatic carbocycles. The first-order valence-corrected chi connectivity index (χ1v) is 8.74. The number of rotatable bonds is 4. The highest BCUT2D eigenvalue weighted by atomic mass is 15.0. The van der Waals surface area contributed by atoms with E-state index >= 15 is 0 Å². The summed E-state index contributed by atoms with van der Waals surface area (Å²) in [5.74, 6) is 0. The molecular formula is C23H21N3. The Bertz CT molecular complexity index is 1010. The highest BCUT2D eigenvalue weighted by molar-refractivity contribution is 5.69. The predicted molar refractivity (Wildman–Crippen MR) is 108 cm³/mol. The quantitative estimate of drug-likeness (QED) is 0.501. The van der Waals surface area contributed by atoms with Gasteiger partial charge in [-0.2, -0.15) is 0 Å². The number of hydrogen-bond acceptors (Lipinski definition) is 2. The second kappa shape index (κ2) is 6.89. The lowest BCUT2D eigenvalue weighted by molar-refractivity contribution is 1.02. The number of hydrogen-bond donors (Lipinski definition) is 1. The summed E-state index contributed by atoms with van der Waals surface area (Å²) in [6, 6.07) is 24.9. The van der Waals surface area contributed by atoms with Crippen LogP contribution in [0.1, 0.15) is 11.1 Å². The first-order valence-electron chi connectivity index (χ1n) is 8.74. The molecule has 0 fully saturated rings. The van der Waals surface area contributed by atoms with Gasteiger partial charge >= 0.3 is 0 Å². The Morgan fingerprint density at radius 1 is 0.769 bits per heavy atom. The van der Waals surface area contributed by atoms with Crippen LogP contribution in [0.15, 0.2) is 85.3 Å². The molecule has 0 unspecified atom stereocenters. The lowest BCUT2D eigenvalue weighted by Gasteiger charge is -2.10. The molecule has 0 spiro atoms. The molecular weight excluding hydrogens is 318 g/mol. The van der Waals surface area contributed by atoms with Crippen molar-refractivity contribution >= 4 is 11.4 Å². The number of nitrogens with one attached hydrogen (secondary N) is 1. The molecule has 0 amide bonds. The van der Waals surface area contributed by atoms with Gasteiger partial charge in [0.2, 0.25) is 0 Å². The van der Waals surface area contributed by atoms with E-state index in [1.807, 2.05) is 24.5 Å². The molecule has 4 aromatic rings. The smallest absolute Gasteiger partial charge is 0.0999 e. The van der Waals surface area contributed by atoms with Crippen molar-refractivity contribution in [1.29, 1.82) is 0 Å². The minimum atomic E-state index is 0.962. The molecule has 0 radical (unpaired) electrons. The third-order valence-corrected chi connectivity index (χ3v) is 4.50. The van der Waals surface area contributed by atoms with E-state index < -0.39 is 0 Å². The van der Waals surface area contributed by atoms with E-state index in [2.05, 4.69) is 89.5 Å². The fourth-order valence-corrected chi connectivity index (χ4v) is 3.25. The zero-order valence-electron chi connectivity index (χ0n) is 15.0. The molecule has 1 N–H and O–H groups in total. The van der Waals surface area contributed by atoms with Gasteiger partial charge in [-0.05, 0) is 49.2 Å². The third kappa shape index (κ3) is 3.24. The van der Waals surface area contributed by atoms with Gasteiger partial charge in [-0.3, -0.25) is 0 Å². The Kier molecular flexibility index (Phi) is 4.28. The molecule has 1 aromatic heterocycles. The Hall–Kier alpha value is -3.33. The normalized spacial score (nSPS) is 10.7. The van der Waals surface area contributed by atoms with Gasteiger partial charge in [-0.15, -0.1) is 0 Å². The topological polar surface area (TPSA) is 29.9 Å². The second-order valence-corrected chi connectivity index (χ2v) is 6.48. The third-order valence-electron chi connectivity index (χ3n) is 4.50.